The molecule has 24 heavy (non-hydrogen) atoms. The monoisotopic (exact) mass is 345 g/mol. The minimum absolute atomic E-state index is 0.0988. The summed E-state index contributed by atoms with van der Waals surface area (Å²) in [5.41, 5.74) is 0.629. The predicted octanol–water partition coefficient (Wildman–Crippen LogP) is 1.84. The van der Waals surface area contributed by atoms with E-state index in [-0.39, 0.29) is 11.3 Å². The normalized spacial score (nSPS) is 21.0. The van der Waals surface area contributed by atoms with Gasteiger partial charge in [0, 0.05) is 12.3 Å². The Morgan fingerprint density at radius 1 is 1.00 bits per heavy atom. The van der Waals surface area contributed by atoms with Crippen LogP contribution in [0.4, 0.5) is 0 Å². The van der Waals surface area contributed by atoms with Crippen molar-refractivity contribution in [2.45, 2.75) is 23.3 Å². The first kappa shape index (κ1) is 16.2. The highest BCUT2D eigenvalue weighted by Crippen LogP contribution is 2.37. The standard InChI is InChI=1S/C17H15NO5S/c19-15-11-14(12-7-3-1-4-8-12)16(17(20)21)18(15)24(22,23)13-9-5-2-6-10-13/h1-10,14,16H,11H2,(H,20,21)/t14?,16-/m0/s1. The molecular weight excluding hydrogens is 330 g/mol. The van der Waals surface area contributed by atoms with Gasteiger partial charge in [-0.1, -0.05) is 48.5 Å². The van der Waals surface area contributed by atoms with Gasteiger partial charge in [-0.05, 0) is 17.7 Å². The summed E-state index contributed by atoms with van der Waals surface area (Å²) in [5, 5.41) is 9.59. The van der Waals surface area contributed by atoms with Crippen LogP contribution in [0.1, 0.15) is 17.9 Å². The number of amides is 1. The van der Waals surface area contributed by atoms with Gasteiger partial charge in [-0.2, -0.15) is 0 Å². The highest BCUT2D eigenvalue weighted by molar-refractivity contribution is 7.89. The Labute approximate surface area is 139 Å². The molecule has 1 fully saturated rings. The minimum Gasteiger partial charge on any atom is -0.480 e. The molecule has 2 aromatic rings. The molecule has 0 radical (unpaired) electrons. The number of carbonyl (C=O) groups is 2. The molecule has 0 aliphatic carbocycles. The van der Waals surface area contributed by atoms with E-state index >= 15 is 0 Å². The third-order valence-corrected chi connectivity index (χ3v) is 5.87. The highest BCUT2D eigenvalue weighted by Gasteiger charge is 2.50. The number of carboxylic acid groups (broad SMARTS) is 1. The Kier molecular flexibility index (Phi) is 4.11. The molecule has 2 atom stereocenters. The van der Waals surface area contributed by atoms with Gasteiger partial charge in [-0.3, -0.25) is 4.79 Å². The first-order valence-electron chi connectivity index (χ1n) is 7.33. The summed E-state index contributed by atoms with van der Waals surface area (Å²) in [6, 6.07) is 14.6. The average Bonchev–Trinajstić information content (AvgIpc) is 2.95. The maximum atomic E-state index is 12.8. The molecule has 3 rings (SSSR count). The van der Waals surface area contributed by atoms with Crippen LogP contribution in [-0.4, -0.2) is 35.7 Å². The van der Waals surface area contributed by atoms with Crippen LogP contribution in [0.25, 0.3) is 0 Å². The van der Waals surface area contributed by atoms with Crippen LogP contribution in [0.5, 0.6) is 0 Å². The second-order valence-electron chi connectivity index (χ2n) is 5.51. The van der Waals surface area contributed by atoms with E-state index in [0.717, 1.165) is 0 Å². The lowest BCUT2D eigenvalue weighted by molar-refractivity contribution is -0.143. The number of hydrogen-bond acceptors (Lipinski definition) is 4. The van der Waals surface area contributed by atoms with E-state index in [1.54, 1.807) is 36.4 Å². The van der Waals surface area contributed by atoms with E-state index in [2.05, 4.69) is 0 Å². The van der Waals surface area contributed by atoms with Crippen molar-refractivity contribution in [2.24, 2.45) is 0 Å². The van der Waals surface area contributed by atoms with E-state index in [4.69, 9.17) is 0 Å². The van der Waals surface area contributed by atoms with E-state index in [1.165, 1.54) is 24.3 Å². The van der Waals surface area contributed by atoms with Gasteiger partial charge in [-0.15, -0.1) is 0 Å². The summed E-state index contributed by atoms with van der Waals surface area (Å²) in [5.74, 6) is -2.76. The molecule has 1 unspecified atom stereocenters. The molecule has 1 heterocycles. The largest absolute Gasteiger partial charge is 0.480 e. The molecule has 1 N–H and O–H groups in total. The van der Waals surface area contributed by atoms with Crippen molar-refractivity contribution in [1.82, 2.24) is 4.31 Å². The fourth-order valence-corrected chi connectivity index (χ4v) is 4.58. The van der Waals surface area contributed by atoms with Crippen LogP contribution >= 0.6 is 0 Å². The van der Waals surface area contributed by atoms with Crippen LogP contribution in [-0.2, 0) is 19.6 Å². The van der Waals surface area contributed by atoms with E-state index < -0.39 is 33.9 Å². The van der Waals surface area contributed by atoms with Gasteiger partial charge in [0.15, 0.2) is 6.04 Å². The van der Waals surface area contributed by atoms with Crippen molar-refractivity contribution in [3.8, 4) is 0 Å². The van der Waals surface area contributed by atoms with Gasteiger partial charge in [0.25, 0.3) is 10.0 Å². The number of rotatable bonds is 4. The first-order chi connectivity index (χ1) is 11.4. The molecule has 0 aromatic heterocycles. The van der Waals surface area contributed by atoms with Crippen molar-refractivity contribution in [3.63, 3.8) is 0 Å². The molecule has 1 amide bonds. The number of nitrogens with zero attached hydrogens (tertiary/aromatic N) is 1. The zero-order valence-electron chi connectivity index (χ0n) is 12.6. The summed E-state index contributed by atoms with van der Waals surface area (Å²) in [7, 11) is -4.22. The van der Waals surface area contributed by atoms with Crippen LogP contribution < -0.4 is 0 Å². The van der Waals surface area contributed by atoms with E-state index in [9.17, 15) is 23.1 Å². The third-order valence-electron chi connectivity index (χ3n) is 4.05. The minimum atomic E-state index is -4.22. The smallest absolute Gasteiger partial charge is 0.328 e. The maximum absolute atomic E-state index is 12.8. The van der Waals surface area contributed by atoms with Gasteiger partial charge < -0.3 is 5.11 Å². The lowest BCUT2D eigenvalue weighted by Gasteiger charge is -2.24. The summed E-state index contributed by atoms with van der Waals surface area (Å²) >= 11 is 0. The van der Waals surface area contributed by atoms with Crippen LogP contribution in [0.15, 0.2) is 65.6 Å². The summed E-state index contributed by atoms with van der Waals surface area (Å²) < 4.78 is 26.1. The highest BCUT2D eigenvalue weighted by atomic mass is 32.2. The zero-order valence-corrected chi connectivity index (χ0v) is 13.4. The second kappa shape index (κ2) is 6.09. The molecule has 1 aliphatic rings. The van der Waals surface area contributed by atoms with Crippen molar-refractivity contribution < 1.29 is 23.1 Å². The predicted molar refractivity (Wildman–Crippen MR) is 85.7 cm³/mol. The molecule has 124 valence electrons. The molecule has 0 spiro atoms. The Morgan fingerprint density at radius 3 is 2.08 bits per heavy atom. The average molecular weight is 345 g/mol. The SMILES string of the molecule is O=C(O)[C@@H]1C(c2ccccc2)CC(=O)N1S(=O)(=O)c1ccccc1. The Hall–Kier alpha value is -2.67. The Bertz CT molecular complexity index is 864. The molecule has 0 bridgehead atoms. The number of carboxylic acids is 1. The lowest BCUT2D eigenvalue weighted by Crippen LogP contribution is -2.44. The van der Waals surface area contributed by atoms with Crippen molar-refractivity contribution in [3.05, 3.63) is 66.2 Å². The fourth-order valence-electron chi connectivity index (χ4n) is 2.97. The lowest BCUT2D eigenvalue weighted by atomic mass is 9.92. The molecule has 1 aliphatic heterocycles. The topological polar surface area (TPSA) is 91.8 Å². The molecule has 1 saturated heterocycles. The Morgan fingerprint density at radius 2 is 1.54 bits per heavy atom. The number of sulfonamides is 1. The first-order valence-corrected chi connectivity index (χ1v) is 8.77. The fraction of sp³-hybridized carbons (Fsp3) is 0.176. The number of aliphatic carboxylic acids is 1. The molecule has 2 aromatic carbocycles. The van der Waals surface area contributed by atoms with Crippen LogP contribution in [0.2, 0.25) is 0 Å². The van der Waals surface area contributed by atoms with Crippen molar-refractivity contribution >= 4 is 21.9 Å². The molecule has 0 saturated carbocycles. The number of hydrogen-bond donors (Lipinski definition) is 1. The third kappa shape index (κ3) is 2.67. The maximum Gasteiger partial charge on any atom is 0.328 e. The van der Waals surface area contributed by atoms with Gasteiger partial charge in [0.05, 0.1) is 4.90 Å². The molecule has 7 heteroatoms. The van der Waals surface area contributed by atoms with Gasteiger partial charge in [0.2, 0.25) is 5.91 Å². The molecule has 6 nitrogen and oxygen atoms in total. The Balaban J connectivity index is 2.08. The van der Waals surface area contributed by atoms with Crippen LogP contribution in [0, 0.1) is 0 Å². The van der Waals surface area contributed by atoms with Crippen LogP contribution in [0.3, 0.4) is 0 Å². The van der Waals surface area contributed by atoms with Gasteiger partial charge >= 0.3 is 5.97 Å². The summed E-state index contributed by atoms with van der Waals surface area (Å²) in [6.45, 7) is 0. The van der Waals surface area contributed by atoms with E-state index in [0.29, 0.717) is 9.87 Å². The number of carbonyl (C=O) groups excluding carboxylic acids is 1. The van der Waals surface area contributed by atoms with E-state index in [1.807, 2.05) is 0 Å². The number of benzene rings is 2. The second-order valence-corrected chi connectivity index (χ2v) is 7.33. The summed E-state index contributed by atoms with van der Waals surface area (Å²) in [6.07, 6.45) is -0.160. The van der Waals surface area contributed by atoms with Gasteiger partial charge in [-0.25, -0.2) is 17.5 Å². The quantitative estimate of drug-likeness (QED) is 0.913. The van der Waals surface area contributed by atoms with Crippen molar-refractivity contribution in [1.29, 1.82) is 0 Å². The zero-order chi connectivity index (χ0) is 17.3. The summed E-state index contributed by atoms with van der Waals surface area (Å²) in [4.78, 5) is 24.0. The molecular formula is C17H15NO5S. The van der Waals surface area contributed by atoms with Crippen molar-refractivity contribution in [2.75, 3.05) is 0 Å². The van der Waals surface area contributed by atoms with Gasteiger partial charge in [0.1, 0.15) is 0 Å².